The van der Waals surface area contributed by atoms with Crippen LogP contribution in [0.4, 0.5) is 0 Å². The van der Waals surface area contributed by atoms with Gasteiger partial charge in [0.1, 0.15) is 4.66 Å². The Labute approximate surface area is 154 Å². The molecular formula is C20H16ClNO2S. The molecule has 0 fully saturated rings. The number of benzene rings is 2. The molecule has 3 aromatic rings. The zero-order valence-corrected chi connectivity index (χ0v) is 15.4. The van der Waals surface area contributed by atoms with Gasteiger partial charge in [-0.3, -0.25) is 9.59 Å². The fraction of sp³-hybridized carbons (Fsp3) is 0.100. The van der Waals surface area contributed by atoms with Crippen LogP contribution in [0.2, 0.25) is 5.02 Å². The third-order valence-corrected chi connectivity index (χ3v) is 5.15. The Morgan fingerprint density at radius 1 is 1.16 bits per heavy atom. The van der Waals surface area contributed by atoms with Gasteiger partial charge >= 0.3 is 0 Å². The SMILES string of the molecule is Cc1cccc(/C=c2\s/c(=C\C(=O)c3ccc(Cl)cc3)n(C)c2=O)c1. The number of nitrogens with zero attached hydrogens (tertiary/aromatic N) is 1. The Balaban J connectivity index is 2.05. The van der Waals surface area contributed by atoms with Crippen LogP contribution >= 0.6 is 22.9 Å². The average molecular weight is 370 g/mol. The van der Waals surface area contributed by atoms with E-state index in [1.54, 1.807) is 31.3 Å². The maximum atomic E-state index is 12.4. The lowest BCUT2D eigenvalue weighted by atomic mass is 10.1. The molecule has 0 atom stereocenters. The number of rotatable bonds is 3. The fourth-order valence-corrected chi connectivity index (χ4v) is 3.58. The van der Waals surface area contributed by atoms with E-state index < -0.39 is 0 Å². The quantitative estimate of drug-likeness (QED) is 0.666. The first-order chi connectivity index (χ1) is 11.9. The van der Waals surface area contributed by atoms with Crippen LogP contribution < -0.4 is 14.8 Å². The van der Waals surface area contributed by atoms with Crippen molar-refractivity contribution in [2.45, 2.75) is 6.92 Å². The molecular weight excluding hydrogens is 354 g/mol. The molecule has 1 heterocycles. The summed E-state index contributed by atoms with van der Waals surface area (Å²) in [5.41, 5.74) is 2.53. The molecule has 25 heavy (non-hydrogen) atoms. The number of hydrogen-bond donors (Lipinski definition) is 0. The summed E-state index contributed by atoms with van der Waals surface area (Å²) in [6.07, 6.45) is 3.34. The molecule has 3 nitrogen and oxygen atoms in total. The lowest BCUT2D eigenvalue weighted by molar-refractivity contribution is 0.106. The van der Waals surface area contributed by atoms with Crippen LogP contribution in [0.3, 0.4) is 0 Å². The number of aryl methyl sites for hydroxylation is 1. The van der Waals surface area contributed by atoms with E-state index in [2.05, 4.69) is 0 Å². The molecule has 0 N–H and O–H groups in total. The van der Waals surface area contributed by atoms with Crippen LogP contribution in [-0.4, -0.2) is 10.4 Å². The van der Waals surface area contributed by atoms with E-state index >= 15 is 0 Å². The van der Waals surface area contributed by atoms with Crippen molar-refractivity contribution in [2.75, 3.05) is 0 Å². The average Bonchev–Trinajstić information content (AvgIpc) is 2.83. The predicted octanol–water partition coefficient (Wildman–Crippen LogP) is 2.90. The lowest BCUT2D eigenvalue weighted by Gasteiger charge is -1.95. The first-order valence-corrected chi connectivity index (χ1v) is 8.89. The summed E-state index contributed by atoms with van der Waals surface area (Å²) in [7, 11) is 1.67. The molecule has 0 aliphatic carbocycles. The monoisotopic (exact) mass is 369 g/mol. The van der Waals surface area contributed by atoms with Crippen molar-refractivity contribution in [1.29, 1.82) is 0 Å². The molecule has 5 heteroatoms. The van der Waals surface area contributed by atoms with Gasteiger partial charge in [-0.1, -0.05) is 41.4 Å². The van der Waals surface area contributed by atoms with Crippen molar-refractivity contribution in [3.05, 3.63) is 89.8 Å². The number of halogens is 1. The minimum absolute atomic E-state index is 0.110. The Hall–Kier alpha value is -2.43. The molecule has 0 amide bonds. The number of hydrogen-bond acceptors (Lipinski definition) is 3. The zero-order chi connectivity index (χ0) is 18.0. The Morgan fingerprint density at radius 3 is 2.56 bits per heavy atom. The molecule has 0 saturated heterocycles. The Kier molecular flexibility index (Phi) is 5.02. The highest BCUT2D eigenvalue weighted by atomic mass is 35.5. The Bertz CT molecular complexity index is 1110. The lowest BCUT2D eigenvalue weighted by Crippen LogP contribution is -2.29. The van der Waals surface area contributed by atoms with Gasteiger partial charge in [-0.25, -0.2) is 0 Å². The Morgan fingerprint density at radius 2 is 1.88 bits per heavy atom. The number of carbonyl (C=O) groups is 1. The van der Waals surface area contributed by atoms with E-state index in [0.717, 1.165) is 11.1 Å². The summed E-state index contributed by atoms with van der Waals surface area (Å²) in [5.74, 6) is -0.157. The number of thiazole rings is 1. The van der Waals surface area contributed by atoms with E-state index in [4.69, 9.17) is 11.6 Å². The van der Waals surface area contributed by atoms with E-state index in [1.807, 2.05) is 37.3 Å². The highest BCUT2D eigenvalue weighted by molar-refractivity contribution is 7.07. The van der Waals surface area contributed by atoms with E-state index in [1.165, 1.54) is 22.0 Å². The van der Waals surface area contributed by atoms with Gasteiger partial charge in [-0.05, 0) is 42.8 Å². The summed E-state index contributed by atoms with van der Waals surface area (Å²) in [6, 6.07) is 14.6. The molecule has 0 saturated carbocycles. The van der Waals surface area contributed by atoms with Crippen LogP contribution in [0.25, 0.3) is 12.2 Å². The van der Waals surface area contributed by atoms with Gasteiger partial charge in [0.25, 0.3) is 5.56 Å². The van der Waals surface area contributed by atoms with Gasteiger partial charge in [-0.2, -0.15) is 0 Å². The van der Waals surface area contributed by atoms with Crippen LogP contribution in [0, 0.1) is 6.92 Å². The molecule has 0 radical (unpaired) electrons. The molecule has 0 bridgehead atoms. The molecule has 126 valence electrons. The van der Waals surface area contributed by atoms with Gasteiger partial charge in [0.15, 0.2) is 5.78 Å². The second-order valence-corrected chi connectivity index (χ2v) is 7.24. The van der Waals surface area contributed by atoms with Crippen molar-refractivity contribution in [3.8, 4) is 0 Å². The van der Waals surface area contributed by atoms with E-state index in [-0.39, 0.29) is 11.3 Å². The summed E-state index contributed by atoms with van der Waals surface area (Å²) in [6.45, 7) is 2.01. The smallest absolute Gasteiger partial charge is 0.268 e. The van der Waals surface area contributed by atoms with Crippen LogP contribution in [0.15, 0.2) is 53.3 Å². The van der Waals surface area contributed by atoms with E-state index in [9.17, 15) is 9.59 Å². The number of carbonyl (C=O) groups excluding carboxylic acids is 1. The highest BCUT2D eigenvalue weighted by Gasteiger charge is 2.05. The zero-order valence-electron chi connectivity index (χ0n) is 13.8. The maximum Gasteiger partial charge on any atom is 0.268 e. The maximum absolute atomic E-state index is 12.4. The van der Waals surface area contributed by atoms with Gasteiger partial charge in [0.05, 0.1) is 4.53 Å². The molecule has 2 aromatic carbocycles. The van der Waals surface area contributed by atoms with Crippen molar-refractivity contribution in [1.82, 2.24) is 4.57 Å². The van der Waals surface area contributed by atoms with Gasteiger partial charge in [0.2, 0.25) is 0 Å². The van der Waals surface area contributed by atoms with Crippen molar-refractivity contribution >= 4 is 40.9 Å². The third kappa shape index (κ3) is 3.98. The second-order valence-electron chi connectivity index (χ2n) is 5.74. The molecule has 1 aromatic heterocycles. The first kappa shape index (κ1) is 17.4. The van der Waals surface area contributed by atoms with Gasteiger partial charge in [-0.15, -0.1) is 11.3 Å². The second kappa shape index (κ2) is 7.21. The van der Waals surface area contributed by atoms with Crippen LogP contribution in [-0.2, 0) is 7.05 Å². The molecule has 0 aliphatic rings. The van der Waals surface area contributed by atoms with Crippen molar-refractivity contribution < 1.29 is 4.79 Å². The van der Waals surface area contributed by atoms with Crippen LogP contribution in [0.1, 0.15) is 21.5 Å². The highest BCUT2D eigenvalue weighted by Crippen LogP contribution is 2.10. The molecule has 0 unspecified atom stereocenters. The minimum Gasteiger partial charge on any atom is -0.302 e. The molecule has 0 spiro atoms. The summed E-state index contributed by atoms with van der Waals surface area (Å²) < 4.78 is 2.72. The summed E-state index contributed by atoms with van der Waals surface area (Å²) in [5, 5.41) is 0.579. The standard InChI is InChI=1S/C20H16ClNO2S/c1-13-4-3-5-14(10-13)11-18-20(24)22(2)19(25-18)12-17(23)15-6-8-16(21)9-7-15/h3-12H,1-2H3/b18-11-,19-12-. The first-order valence-electron chi connectivity index (χ1n) is 7.70. The minimum atomic E-state index is -0.157. The summed E-state index contributed by atoms with van der Waals surface area (Å²) >= 11 is 7.15. The largest absolute Gasteiger partial charge is 0.302 e. The molecule has 3 rings (SSSR count). The summed E-state index contributed by atoms with van der Waals surface area (Å²) in [4.78, 5) is 24.8. The van der Waals surface area contributed by atoms with E-state index in [0.29, 0.717) is 19.8 Å². The topological polar surface area (TPSA) is 39.1 Å². The fourth-order valence-electron chi connectivity index (χ4n) is 2.43. The van der Waals surface area contributed by atoms with Crippen LogP contribution in [0.5, 0.6) is 0 Å². The van der Waals surface area contributed by atoms with Crippen molar-refractivity contribution in [3.63, 3.8) is 0 Å². The van der Waals surface area contributed by atoms with Gasteiger partial charge < -0.3 is 4.57 Å². The third-order valence-electron chi connectivity index (χ3n) is 3.78. The normalized spacial score (nSPS) is 12.6. The molecule has 0 aliphatic heterocycles. The predicted molar refractivity (Wildman–Crippen MR) is 104 cm³/mol. The number of aromatic nitrogens is 1. The number of ketones is 1. The van der Waals surface area contributed by atoms with Crippen molar-refractivity contribution in [2.24, 2.45) is 7.05 Å². The number of Topliss-reactive ketones (excluding diaryl/α,β-unsaturated/α-hetero) is 1. The van der Waals surface area contributed by atoms with Gasteiger partial charge in [0, 0.05) is 23.7 Å².